The summed E-state index contributed by atoms with van der Waals surface area (Å²) < 4.78 is 5.08. The highest BCUT2D eigenvalue weighted by Gasteiger charge is 2.14. The fourth-order valence-corrected chi connectivity index (χ4v) is 2.02. The minimum absolute atomic E-state index is 0.0562. The zero-order valence-corrected chi connectivity index (χ0v) is 11.7. The van der Waals surface area contributed by atoms with Gasteiger partial charge >= 0.3 is 0 Å². The van der Waals surface area contributed by atoms with Crippen LogP contribution in [0.15, 0.2) is 42.7 Å². The summed E-state index contributed by atoms with van der Waals surface area (Å²) in [5.74, 6) is 0.783. The number of Topliss-reactive ketones (excluding diaryl/α,β-unsaturated/α-hetero) is 1. The number of pyridine rings is 1. The molecule has 2 rings (SSSR count). The summed E-state index contributed by atoms with van der Waals surface area (Å²) in [5, 5.41) is 0. The second-order valence-corrected chi connectivity index (χ2v) is 4.81. The fraction of sp³-hybridized carbons (Fsp3) is 0.250. The van der Waals surface area contributed by atoms with E-state index in [2.05, 4.69) is 4.98 Å². The third kappa shape index (κ3) is 3.35. The number of rotatable bonds is 5. The molecular weight excluding hydrogens is 252 g/mol. The van der Waals surface area contributed by atoms with E-state index in [9.17, 15) is 4.79 Å². The number of nitrogens with two attached hydrogens (primary N) is 1. The lowest BCUT2D eigenvalue weighted by atomic mass is 9.93. The van der Waals surface area contributed by atoms with Gasteiger partial charge in [-0.05, 0) is 29.7 Å². The number of carbonyl (C=O) groups is 1. The van der Waals surface area contributed by atoms with Crippen molar-refractivity contribution in [2.75, 3.05) is 12.8 Å². The number of nitrogen functional groups attached to an aromatic ring is 1. The summed E-state index contributed by atoms with van der Waals surface area (Å²) in [5.41, 5.74) is 8.06. The predicted molar refractivity (Wildman–Crippen MR) is 79.0 cm³/mol. The van der Waals surface area contributed by atoms with E-state index in [0.717, 1.165) is 11.3 Å². The van der Waals surface area contributed by atoms with E-state index < -0.39 is 0 Å². The first kappa shape index (κ1) is 14.1. The van der Waals surface area contributed by atoms with Gasteiger partial charge in [-0.2, -0.15) is 0 Å². The summed E-state index contributed by atoms with van der Waals surface area (Å²) in [6, 6.07) is 9.33. The zero-order chi connectivity index (χ0) is 14.5. The van der Waals surface area contributed by atoms with Gasteiger partial charge in [-0.1, -0.05) is 19.1 Å². The van der Waals surface area contributed by atoms with E-state index in [1.807, 2.05) is 31.2 Å². The van der Waals surface area contributed by atoms with Crippen LogP contribution in [0.1, 0.15) is 35.2 Å². The quantitative estimate of drug-likeness (QED) is 0.670. The van der Waals surface area contributed by atoms with Gasteiger partial charge < -0.3 is 10.5 Å². The van der Waals surface area contributed by atoms with Crippen molar-refractivity contribution >= 4 is 11.5 Å². The summed E-state index contributed by atoms with van der Waals surface area (Å²) in [7, 11) is 1.56. The number of ketones is 1. The van der Waals surface area contributed by atoms with Crippen LogP contribution in [0.3, 0.4) is 0 Å². The molecular formula is C16H18N2O2. The van der Waals surface area contributed by atoms with Gasteiger partial charge in [-0.25, -0.2) is 0 Å². The number of hydrogen-bond acceptors (Lipinski definition) is 4. The number of aromatic nitrogens is 1. The molecule has 0 aliphatic carbocycles. The average Bonchev–Trinajstić information content (AvgIpc) is 2.47. The van der Waals surface area contributed by atoms with Crippen molar-refractivity contribution in [1.82, 2.24) is 4.98 Å². The van der Waals surface area contributed by atoms with E-state index in [1.165, 1.54) is 0 Å². The molecule has 1 aromatic heterocycles. The minimum Gasteiger partial charge on any atom is -0.495 e. The minimum atomic E-state index is 0.0562. The van der Waals surface area contributed by atoms with Crippen LogP contribution >= 0.6 is 0 Å². The molecule has 1 atom stereocenters. The monoisotopic (exact) mass is 270 g/mol. The third-order valence-electron chi connectivity index (χ3n) is 3.27. The van der Waals surface area contributed by atoms with Gasteiger partial charge in [0.05, 0.1) is 13.3 Å². The van der Waals surface area contributed by atoms with Crippen molar-refractivity contribution in [2.45, 2.75) is 19.3 Å². The van der Waals surface area contributed by atoms with Crippen molar-refractivity contribution in [2.24, 2.45) is 0 Å². The number of anilines is 1. The number of nitrogens with zero attached hydrogens (tertiary/aromatic N) is 1. The number of hydrogen-bond donors (Lipinski definition) is 1. The lowest BCUT2D eigenvalue weighted by molar-refractivity contribution is 0.0975. The van der Waals surface area contributed by atoms with Crippen molar-refractivity contribution in [3.63, 3.8) is 0 Å². The van der Waals surface area contributed by atoms with Crippen LogP contribution in [0.25, 0.3) is 0 Å². The van der Waals surface area contributed by atoms with Crippen LogP contribution in [0.2, 0.25) is 0 Å². The molecule has 104 valence electrons. The molecule has 0 spiro atoms. The Morgan fingerprint density at radius 3 is 2.65 bits per heavy atom. The molecule has 4 nitrogen and oxygen atoms in total. The first-order valence-electron chi connectivity index (χ1n) is 6.48. The van der Waals surface area contributed by atoms with Crippen molar-refractivity contribution in [3.05, 3.63) is 53.9 Å². The molecule has 0 radical (unpaired) electrons. The van der Waals surface area contributed by atoms with Crippen LogP contribution in [-0.2, 0) is 0 Å². The standard InChI is InChI=1S/C16H18N2O2/c1-11(12-3-5-14(17)6-4-12)7-16(19)13-8-15(20-2)10-18-9-13/h3-6,8-11H,7,17H2,1-2H3. The Kier molecular flexibility index (Phi) is 4.35. The van der Waals surface area contributed by atoms with Crippen molar-refractivity contribution in [1.29, 1.82) is 0 Å². The SMILES string of the molecule is COc1cncc(C(=O)CC(C)c2ccc(N)cc2)c1. The summed E-state index contributed by atoms with van der Waals surface area (Å²) >= 11 is 0. The zero-order valence-electron chi connectivity index (χ0n) is 11.7. The van der Waals surface area contributed by atoms with Gasteiger partial charge in [-0.3, -0.25) is 9.78 Å². The van der Waals surface area contributed by atoms with E-state index >= 15 is 0 Å². The molecule has 0 amide bonds. The van der Waals surface area contributed by atoms with Gasteiger partial charge in [-0.15, -0.1) is 0 Å². The molecule has 1 aromatic carbocycles. The highest BCUT2D eigenvalue weighted by Crippen LogP contribution is 2.23. The molecule has 20 heavy (non-hydrogen) atoms. The lowest BCUT2D eigenvalue weighted by Gasteiger charge is -2.11. The molecule has 2 aromatic rings. The third-order valence-corrected chi connectivity index (χ3v) is 3.27. The molecule has 0 aliphatic heterocycles. The Bertz CT molecular complexity index is 594. The topological polar surface area (TPSA) is 65.2 Å². The Labute approximate surface area is 118 Å². The number of carbonyl (C=O) groups excluding carboxylic acids is 1. The normalized spacial score (nSPS) is 11.9. The first-order chi connectivity index (χ1) is 9.60. The summed E-state index contributed by atoms with van der Waals surface area (Å²) in [6.07, 6.45) is 3.58. The van der Waals surface area contributed by atoms with Crippen molar-refractivity contribution in [3.8, 4) is 5.75 Å². The van der Waals surface area contributed by atoms with E-state index in [1.54, 1.807) is 25.6 Å². The molecule has 0 fully saturated rings. The molecule has 2 N–H and O–H groups in total. The maximum absolute atomic E-state index is 12.2. The molecule has 1 heterocycles. The molecule has 4 heteroatoms. The lowest BCUT2D eigenvalue weighted by Crippen LogP contribution is -2.06. The number of ether oxygens (including phenoxy) is 1. The molecule has 0 aliphatic rings. The summed E-state index contributed by atoms with van der Waals surface area (Å²) in [4.78, 5) is 16.2. The highest BCUT2D eigenvalue weighted by atomic mass is 16.5. The van der Waals surface area contributed by atoms with Gasteiger partial charge in [0.1, 0.15) is 5.75 Å². The second kappa shape index (κ2) is 6.19. The van der Waals surface area contributed by atoms with Crippen LogP contribution < -0.4 is 10.5 Å². The van der Waals surface area contributed by atoms with E-state index in [-0.39, 0.29) is 11.7 Å². The highest BCUT2D eigenvalue weighted by molar-refractivity contribution is 5.96. The number of benzene rings is 1. The summed E-state index contributed by atoms with van der Waals surface area (Å²) in [6.45, 7) is 2.02. The van der Waals surface area contributed by atoms with Gasteiger partial charge in [0.2, 0.25) is 0 Å². The molecule has 0 saturated heterocycles. The maximum Gasteiger partial charge on any atom is 0.165 e. The van der Waals surface area contributed by atoms with Crippen LogP contribution in [-0.4, -0.2) is 17.9 Å². The van der Waals surface area contributed by atoms with E-state index in [0.29, 0.717) is 17.7 Å². The Morgan fingerprint density at radius 1 is 1.30 bits per heavy atom. The Hall–Kier alpha value is -2.36. The second-order valence-electron chi connectivity index (χ2n) is 4.81. The Morgan fingerprint density at radius 2 is 2.00 bits per heavy atom. The van der Waals surface area contributed by atoms with Gasteiger partial charge in [0, 0.05) is 23.9 Å². The van der Waals surface area contributed by atoms with Gasteiger partial charge in [0.15, 0.2) is 5.78 Å². The number of methoxy groups -OCH3 is 1. The maximum atomic E-state index is 12.2. The van der Waals surface area contributed by atoms with Crippen LogP contribution in [0.4, 0.5) is 5.69 Å². The van der Waals surface area contributed by atoms with Crippen LogP contribution in [0, 0.1) is 0 Å². The Balaban J connectivity index is 2.08. The molecule has 0 bridgehead atoms. The molecule has 0 saturated carbocycles. The van der Waals surface area contributed by atoms with Crippen LogP contribution in [0.5, 0.6) is 5.75 Å². The predicted octanol–water partition coefficient (Wildman–Crippen LogP) is 3.05. The largest absolute Gasteiger partial charge is 0.495 e. The molecule has 1 unspecified atom stereocenters. The fourth-order valence-electron chi connectivity index (χ4n) is 2.02. The average molecular weight is 270 g/mol. The van der Waals surface area contributed by atoms with Crippen molar-refractivity contribution < 1.29 is 9.53 Å². The smallest absolute Gasteiger partial charge is 0.165 e. The van der Waals surface area contributed by atoms with E-state index in [4.69, 9.17) is 10.5 Å². The first-order valence-corrected chi connectivity index (χ1v) is 6.48. The van der Waals surface area contributed by atoms with Gasteiger partial charge in [0.25, 0.3) is 0 Å².